The Balaban J connectivity index is 1.58. The second-order valence-corrected chi connectivity index (χ2v) is 6.68. The van der Waals surface area contributed by atoms with Gasteiger partial charge in [-0.2, -0.15) is 13.2 Å². The molecule has 0 unspecified atom stereocenters. The number of rotatable bonds is 5. The molecule has 0 saturated carbocycles. The van der Waals surface area contributed by atoms with Gasteiger partial charge in [0.1, 0.15) is 5.52 Å². The molecule has 11 heteroatoms. The van der Waals surface area contributed by atoms with E-state index in [-0.39, 0.29) is 24.7 Å². The lowest BCUT2D eigenvalue weighted by atomic mass is 10.2. The Morgan fingerprint density at radius 2 is 1.90 bits per heavy atom. The van der Waals surface area contributed by atoms with E-state index in [4.69, 9.17) is 0 Å². The van der Waals surface area contributed by atoms with E-state index in [1.54, 1.807) is 37.0 Å². The molecule has 0 radical (unpaired) electrons. The number of urea groups is 1. The molecular formula is C19H19F3N6O2. The summed E-state index contributed by atoms with van der Waals surface area (Å²) in [7, 11) is 3.30. The summed E-state index contributed by atoms with van der Waals surface area (Å²) in [6.07, 6.45) is -4.49. The van der Waals surface area contributed by atoms with Gasteiger partial charge in [0.2, 0.25) is 0 Å². The second-order valence-electron chi connectivity index (χ2n) is 6.68. The first-order chi connectivity index (χ1) is 14.1. The number of aromatic nitrogens is 3. The highest BCUT2D eigenvalue weighted by molar-refractivity contribution is 5.97. The molecule has 0 aliphatic rings. The van der Waals surface area contributed by atoms with Crippen molar-refractivity contribution in [3.63, 3.8) is 0 Å². The van der Waals surface area contributed by atoms with Crippen LogP contribution in [0.25, 0.3) is 11.0 Å². The third-order valence-electron chi connectivity index (χ3n) is 4.22. The molecule has 158 valence electrons. The fourth-order valence-electron chi connectivity index (χ4n) is 2.75. The van der Waals surface area contributed by atoms with Crippen LogP contribution in [0.1, 0.15) is 15.9 Å². The minimum absolute atomic E-state index is 0.0339. The van der Waals surface area contributed by atoms with Gasteiger partial charge in [0.15, 0.2) is 0 Å². The molecule has 30 heavy (non-hydrogen) atoms. The van der Waals surface area contributed by atoms with E-state index in [1.165, 1.54) is 17.0 Å². The Hall–Kier alpha value is -3.63. The molecule has 0 fully saturated rings. The highest BCUT2D eigenvalue weighted by Crippen LogP contribution is 2.30. The largest absolute Gasteiger partial charge is 0.416 e. The third-order valence-corrected chi connectivity index (χ3v) is 4.22. The van der Waals surface area contributed by atoms with Crippen molar-refractivity contribution in [2.75, 3.05) is 26.0 Å². The lowest BCUT2D eigenvalue weighted by Gasteiger charge is -2.11. The Morgan fingerprint density at radius 3 is 2.60 bits per heavy atom. The molecule has 0 saturated heterocycles. The first-order valence-corrected chi connectivity index (χ1v) is 8.92. The van der Waals surface area contributed by atoms with Crippen LogP contribution in [-0.4, -0.2) is 52.5 Å². The summed E-state index contributed by atoms with van der Waals surface area (Å²) >= 11 is 0. The zero-order valence-corrected chi connectivity index (χ0v) is 16.2. The summed E-state index contributed by atoms with van der Waals surface area (Å²) in [4.78, 5) is 25.4. The van der Waals surface area contributed by atoms with Crippen molar-refractivity contribution in [1.29, 1.82) is 0 Å². The summed E-state index contributed by atoms with van der Waals surface area (Å²) in [6, 6.07) is 8.75. The molecule has 8 nitrogen and oxygen atoms in total. The van der Waals surface area contributed by atoms with E-state index < -0.39 is 17.8 Å². The summed E-state index contributed by atoms with van der Waals surface area (Å²) in [5.74, 6) is -0.153. The maximum atomic E-state index is 12.7. The van der Waals surface area contributed by atoms with E-state index in [0.29, 0.717) is 16.6 Å². The Bertz CT molecular complexity index is 1080. The van der Waals surface area contributed by atoms with Crippen molar-refractivity contribution in [2.45, 2.75) is 12.7 Å². The van der Waals surface area contributed by atoms with Gasteiger partial charge in [-0.1, -0.05) is 11.3 Å². The number of benzene rings is 2. The first-order valence-electron chi connectivity index (χ1n) is 8.92. The van der Waals surface area contributed by atoms with Gasteiger partial charge in [0, 0.05) is 31.9 Å². The van der Waals surface area contributed by atoms with E-state index in [2.05, 4.69) is 20.9 Å². The molecule has 2 aromatic carbocycles. The number of alkyl halides is 3. The molecule has 3 amide bonds. The van der Waals surface area contributed by atoms with Crippen molar-refractivity contribution in [2.24, 2.45) is 0 Å². The van der Waals surface area contributed by atoms with Crippen molar-refractivity contribution >= 4 is 28.7 Å². The average molecular weight is 420 g/mol. The number of hydrogen-bond donors (Lipinski definition) is 2. The number of nitrogens with one attached hydrogen (secondary N) is 2. The van der Waals surface area contributed by atoms with Gasteiger partial charge in [0.25, 0.3) is 5.91 Å². The van der Waals surface area contributed by atoms with E-state index in [9.17, 15) is 22.8 Å². The minimum Gasteiger partial charge on any atom is -0.345 e. The highest BCUT2D eigenvalue weighted by atomic mass is 19.4. The highest BCUT2D eigenvalue weighted by Gasteiger charge is 2.30. The molecule has 0 bridgehead atoms. The van der Waals surface area contributed by atoms with Crippen molar-refractivity contribution in [3.8, 4) is 0 Å². The molecule has 1 heterocycles. The zero-order valence-electron chi connectivity index (χ0n) is 16.2. The topological polar surface area (TPSA) is 92.2 Å². The van der Waals surface area contributed by atoms with Gasteiger partial charge in [0.05, 0.1) is 17.6 Å². The number of carbonyl (C=O) groups excluding carboxylic acids is 2. The summed E-state index contributed by atoms with van der Waals surface area (Å²) < 4.78 is 39.8. The van der Waals surface area contributed by atoms with Crippen LogP contribution in [0.4, 0.5) is 23.7 Å². The van der Waals surface area contributed by atoms with Gasteiger partial charge in [-0.25, -0.2) is 9.48 Å². The molecule has 1 aromatic heterocycles. The molecule has 2 N–H and O–H groups in total. The predicted molar refractivity (Wildman–Crippen MR) is 104 cm³/mol. The van der Waals surface area contributed by atoms with E-state index >= 15 is 0 Å². The number of nitrogens with zero attached hydrogens (tertiary/aromatic N) is 4. The Morgan fingerprint density at radius 1 is 1.13 bits per heavy atom. The molecule has 0 aliphatic heterocycles. The molecule has 0 aliphatic carbocycles. The van der Waals surface area contributed by atoms with Gasteiger partial charge in [-0.3, -0.25) is 4.79 Å². The number of amides is 3. The summed E-state index contributed by atoms with van der Waals surface area (Å²) in [5.41, 5.74) is 0.896. The number of carbonyl (C=O) groups is 2. The molecule has 3 aromatic rings. The van der Waals surface area contributed by atoms with Crippen LogP contribution in [0.5, 0.6) is 0 Å². The lowest BCUT2D eigenvalue weighted by Crippen LogP contribution is -2.31. The van der Waals surface area contributed by atoms with Gasteiger partial charge < -0.3 is 15.5 Å². The van der Waals surface area contributed by atoms with Gasteiger partial charge in [-0.05, 0) is 36.4 Å². The van der Waals surface area contributed by atoms with Crippen LogP contribution in [0, 0.1) is 0 Å². The monoisotopic (exact) mass is 420 g/mol. The van der Waals surface area contributed by atoms with Crippen LogP contribution < -0.4 is 10.6 Å². The van der Waals surface area contributed by atoms with Crippen LogP contribution >= 0.6 is 0 Å². The number of anilines is 1. The maximum Gasteiger partial charge on any atom is 0.416 e. The molecule has 0 atom stereocenters. The van der Waals surface area contributed by atoms with Crippen molar-refractivity contribution < 1.29 is 22.8 Å². The van der Waals surface area contributed by atoms with Crippen LogP contribution in [-0.2, 0) is 12.7 Å². The molecular weight excluding hydrogens is 401 g/mol. The predicted octanol–water partition coefficient (Wildman–Crippen LogP) is 2.97. The Labute approximate surface area is 169 Å². The van der Waals surface area contributed by atoms with Crippen molar-refractivity contribution in [3.05, 3.63) is 53.6 Å². The summed E-state index contributed by atoms with van der Waals surface area (Å²) in [6.45, 7) is 0.453. The van der Waals surface area contributed by atoms with Crippen LogP contribution in [0.3, 0.4) is 0 Å². The number of hydrogen-bond acceptors (Lipinski definition) is 4. The Kier molecular flexibility index (Phi) is 5.90. The van der Waals surface area contributed by atoms with E-state index in [1.807, 2.05) is 0 Å². The summed E-state index contributed by atoms with van der Waals surface area (Å²) in [5, 5.41) is 13.0. The first kappa shape index (κ1) is 21.1. The fourth-order valence-corrected chi connectivity index (χ4v) is 2.75. The zero-order chi connectivity index (χ0) is 21.9. The lowest BCUT2D eigenvalue weighted by molar-refractivity contribution is -0.137. The van der Waals surface area contributed by atoms with Crippen LogP contribution in [0.15, 0.2) is 42.5 Å². The average Bonchev–Trinajstić information content (AvgIpc) is 3.09. The smallest absolute Gasteiger partial charge is 0.345 e. The van der Waals surface area contributed by atoms with Gasteiger partial charge in [-0.15, -0.1) is 5.10 Å². The normalized spacial score (nSPS) is 11.4. The SMILES string of the molecule is CN(C)C(=O)c1ccc2c(c1)nnn2CCNC(=O)Nc1cccc(C(F)(F)F)c1. The second kappa shape index (κ2) is 8.39. The van der Waals surface area contributed by atoms with Gasteiger partial charge >= 0.3 is 12.2 Å². The fraction of sp³-hybridized carbons (Fsp3) is 0.263. The number of halogens is 3. The quantitative estimate of drug-likeness (QED) is 0.664. The van der Waals surface area contributed by atoms with E-state index in [0.717, 1.165) is 12.1 Å². The maximum absolute atomic E-state index is 12.7. The molecule has 0 spiro atoms. The standard InChI is InChI=1S/C19H19F3N6O2/c1-27(2)17(29)12-6-7-16-15(10-12)25-26-28(16)9-8-23-18(30)24-14-5-3-4-13(11-14)19(20,21)22/h3-7,10-11H,8-9H2,1-2H3,(H2,23,24,30). The minimum atomic E-state index is -4.49. The third kappa shape index (κ3) is 4.85. The number of fused-ring (bicyclic) bond motifs is 1. The van der Waals surface area contributed by atoms with Crippen molar-refractivity contribution in [1.82, 2.24) is 25.2 Å². The molecule has 3 rings (SSSR count). The van der Waals surface area contributed by atoms with Crippen LogP contribution in [0.2, 0.25) is 0 Å².